The summed E-state index contributed by atoms with van der Waals surface area (Å²) in [6.07, 6.45) is 6.56. The first-order valence-corrected chi connectivity index (χ1v) is 14.4. The third-order valence-corrected chi connectivity index (χ3v) is 11.2. The van der Waals surface area contributed by atoms with Crippen molar-refractivity contribution in [2.24, 2.45) is 52.8 Å². The largest absolute Gasteiger partial charge is 0.458 e. The quantitative estimate of drug-likeness (QED) is 0.354. The molecule has 6 bridgehead atoms. The molecule has 8 nitrogen and oxygen atoms in total. The lowest BCUT2D eigenvalue weighted by Gasteiger charge is -2.60. The molecule has 0 aromatic carbocycles. The van der Waals surface area contributed by atoms with Gasteiger partial charge in [-0.2, -0.15) is 0 Å². The van der Waals surface area contributed by atoms with Crippen molar-refractivity contribution in [1.29, 1.82) is 0 Å². The van der Waals surface area contributed by atoms with Crippen LogP contribution in [0.3, 0.4) is 0 Å². The predicted molar refractivity (Wildman–Crippen MR) is 130 cm³/mol. The van der Waals surface area contributed by atoms with E-state index in [2.05, 4.69) is 6.92 Å². The topological polar surface area (TPSA) is 105 Å². The van der Waals surface area contributed by atoms with Gasteiger partial charge in [-0.3, -0.25) is 14.4 Å². The van der Waals surface area contributed by atoms with Crippen LogP contribution in [0.5, 0.6) is 0 Å². The minimum absolute atomic E-state index is 0.148. The molecule has 6 unspecified atom stereocenters. The van der Waals surface area contributed by atoms with Crippen molar-refractivity contribution in [3.8, 4) is 0 Å². The van der Waals surface area contributed by atoms with Crippen LogP contribution in [0.1, 0.15) is 79.1 Å². The molecule has 7 aliphatic rings. The van der Waals surface area contributed by atoms with Gasteiger partial charge in [0.15, 0.2) is 6.61 Å². The molecule has 204 valence electrons. The second-order valence-corrected chi connectivity index (χ2v) is 13.3. The van der Waals surface area contributed by atoms with Gasteiger partial charge in [-0.1, -0.05) is 13.8 Å². The molecule has 0 radical (unpaired) electrons. The number of carbonyl (C=O) groups excluding carboxylic acids is 4. The molecule has 0 aromatic rings. The summed E-state index contributed by atoms with van der Waals surface area (Å²) in [5.41, 5.74) is -1.14. The second kappa shape index (κ2) is 8.70. The number of fused-ring (bicyclic) bond motifs is 1. The Hall–Kier alpha value is -2.12. The Morgan fingerprint density at radius 3 is 2.22 bits per heavy atom. The fourth-order valence-electron chi connectivity index (χ4n) is 9.17. The van der Waals surface area contributed by atoms with Crippen LogP contribution < -0.4 is 0 Å². The highest BCUT2D eigenvalue weighted by Crippen LogP contribution is 2.63. The Labute approximate surface area is 218 Å². The van der Waals surface area contributed by atoms with Gasteiger partial charge in [0.1, 0.15) is 17.8 Å². The number of rotatable bonds is 8. The van der Waals surface area contributed by atoms with E-state index in [1.165, 1.54) is 6.42 Å². The molecule has 6 atom stereocenters. The van der Waals surface area contributed by atoms with Gasteiger partial charge in [-0.15, -0.1) is 0 Å². The molecule has 1 saturated heterocycles. The van der Waals surface area contributed by atoms with Crippen molar-refractivity contribution in [2.75, 3.05) is 6.61 Å². The number of esters is 4. The van der Waals surface area contributed by atoms with Crippen LogP contribution in [0.2, 0.25) is 0 Å². The van der Waals surface area contributed by atoms with Gasteiger partial charge in [0.25, 0.3) is 0 Å². The average molecular weight is 517 g/mol. The molecule has 0 N–H and O–H groups in total. The molecule has 1 heterocycles. The van der Waals surface area contributed by atoms with E-state index in [0.29, 0.717) is 24.7 Å². The third-order valence-electron chi connectivity index (χ3n) is 11.2. The van der Waals surface area contributed by atoms with E-state index in [9.17, 15) is 19.2 Å². The summed E-state index contributed by atoms with van der Waals surface area (Å²) in [7, 11) is 0. The van der Waals surface area contributed by atoms with E-state index < -0.39 is 53.6 Å². The molecule has 1 aliphatic heterocycles. The van der Waals surface area contributed by atoms with Crippen molar-refractivity contribution >= 4 is 23.9 Å². The monoisotopic (exact) mass is 516 g/mol. The van der Waals surface area contributed by atoms with E-state index in [0.717, 1.165) is 43.9 Å². The van der Waals surface area contributed by atoms with Crippen molar-refractivity contribution in [3.05, 3.63) is 0 Å². The van der Waals surface area contributed by atoms with Gasteiger partial charge in [0.05, 0.1) is 17.3 Å². The molecular formula is C29H40O8. The smallest absolute Gasteiger partial charge is 0.344 e. The SMILES string of the molecule is CCC(C)(C)C(=O)OCC(=O)OC1C2CC3C1OC(=O)C3C2C(=O)OC1(CC)C2CC3CC(C2)CC1C3. The zero-order valence-corrected chi connectivity index (χ0v) is 22.4. The predicted octanol–water partition coefficient (Wildman–Crippen LogP) is 3.83. The Balaban J connectivity index is 1.16. The number of hydrogen-bond donors (Lipinski definition) is 0. The lowest BCUT2D eigenvalue weighted by molar-refractivity contribution is -0.218. The number of ether oxygens (including phenoxy) is 4. The Morgan fingerprint density at radius 2 is 1.62 bits per heavy atom. The molecule has 0 aromatic heterocycles. The molecule has 6 saturated carbocycles. The fourth-order valence-corrected chi connectivity index (χ4v) is 9.17. The van der Waals surface area contributed by atoms with Crippen molar-refractivity contribution in [1.82, 2.24) is 0 Å². The fraction of sp³-hybridized carbons (Fsp3) is 0.862. The number of hydrogen-bond acceptors (Lipinski definition) is 8. The van der Waals surface area contributed by atoms with E-state index in [1.54, 1.807) is 13.8 Å². The molecule has 0 spiro atoms. The van der Waals surface area contributed by atoms with Crippen LogP contribution in [0.15, 0.2) is 0 Å². The normalized spacial score (nSPS) is 44.6. The van der Waals surface area contributed by atoms with Gasteiger partial charge in [0.2, 0.25) is 0 Å². The number of carbonyl (C=O) groups is 4. The third kappa shape index (κ3) is 3.75. The van der Waals surface area contributed by atoms with E-state index in [1.807, 2.05) is 6.92 Å². The minimum Gasteiger partial charge on any atom is -0.458 e. The maximum absolute atomic E-state index is 13.9. The van der Waals surface area contributed by atoms with Crippen LogP contribution >= 0.6 is 0 Å². The Bertz CT molecular complexity index is 972. The van der Waals surface area contributed by atoms with Crippen molar-refractivity contribution in [2.45, 2.75) is 96.9 Å². The standard InChI is InChI=1S/C29H40O8/c1-5-28(3,4)27(33)34-13-20(30)35-23-19-12-18-21(25(31)36-24(18)23)22(19)26(32)37-29(6-2)16-8-14-7-15(10-16)11-17(29)9-14/h14-19,21-24H,5-13H2,1-4H3. The maximum atomic E-state index is 13.9. The summed E-state index contributed by atoms with van der Waals surface area (Å²) in [5, 5.41) is 0. The minimum atomic E-state index is -0.716. The molecular weight excluding hydrogens is 476 g/mol. The highest BCUT2D eigenvalue weighted by molar-refractivity contribution is 5.86. The zero-order chi connectivity index (χ0) is 26.3. The molecule has 0 amide bonds. The molecule has 8 heteroatoms. The highest BCUT2D eigenvalue weighted by atomic mass is 16.6. The first-order chi connectivity index (χ1) is 17.6. The lowest BCUT2D eigenvalue weighted by atomic mass is 9.49. The summed E-state index contributed by atoms with van der Waals surface area (Å²) in [4.78, 5) is 51.6. The van der Waals surface area contributed by atoms with Gasteiger partial charge in [-0.05, 0) is 88.9 Å². The molecule has 7 fully saturated rings. The zero-order valence-electron chi connectivity index (χ0n) is 22.4. The Morgan fingerprint density at radius 1 is 0.973 bits per heavy atom. The van der Waals surface area contributed by atoms with Crippen LogP contribution in [-0.2, 0) is 38.1 Å². The first-order valence-electron chi connectivity index (χ1n) is 14.4. The van der Waals surface area contributed by atoms with Gasteiger partial charge in [-0.25, -0.2) is 4.79 Å². The van der Waals surface area contributed by atoms with Crippen LogP contribution in [0.4, 0.5) is 0 Å². The summed E-state index contributed by atoms with van der Waals surface area (Å²) in [6, 6.07) is 0. The van der Waals surface area contributed by atoms with Crippen LogP contribution in [-0.4, -0.2) is 48.3 Å². The maximum Gasteiger partial charge on any atom is 0.344 e. The highest BCUT2D eigenvalue weighted by Gasteiger charge is 2.71. The van der Waals surface area contributed by atoms with Gasteiger partial charge >= 0.3 is 23.9 Å². The van der Waals surface area contributed by atoms with Crippen molar-refractivity contribution < 1.29 is 38.1 Å². The molecule has 37 heavy (non-hydrogen) atoms. The van der Waals surface area contributed by atoms with Crippen LogP contribution in [0.25, 0.3) is 0 Å². The average Bonchev–Trinajstić information content (AvgIpc) is 3.48. The first kappa shape index (κ1) is 25.2. The summed E-state index contributed by atoms with van der Waals surface area (Å²) in [6.45, 7) is 7.03. The lowest BCUT2D eigenvalue weighted by Crippen LogP contribution is -2.60. The Kier molecular flexibility index (Phi) is 5.92. The summed E-state index contributed by atoms with van der Waals surface area (Å²) < 4.78 is 23.1. The van der Waals surface area contributed by atoms with Crippen molar-refractivity contribution in [3.63, 3.8) is 0 Å². The van der Waals surface area contributed by atoms with E-state index in [-0.39, 0.29) is 23.8 Å². The molecule has 7 rings (SSSR count). The van der Waals surface area contributed by atoms with Gasteiger partial charge < -0.3 is 18.9 Å². The summed E-state index contributed by atoms with van der Waals surface area (Å²) in [5.74, 6) is -1.18. The second-order valence-electron chi connectivity index (χ2n) is 13.3. The molecule has 6 aliphatic carbocycles. The van der Waals surface area contributed by atoms with E-state index in [4.69, 9.17) is 18.9 Å². The van der Waals surface area contributed by atoms with E-state index >= 15 is 0 Å². The summed E-state index contributed by atoms with van der Waals surface area (Å²) >= 11 is 0. The van der Waals surface area contributed by atoms with Crippen LogP contribution in [0, 0.1) is 52.8 Å². The van der Waals surface area contributed by atoms with Gasteiger partial charge in [0, 0.05) is 11.8 Å².